The third-order valence-corrected chi connectivity index (χ3v) is 6.00. The summed E-state index contributed by atoms with van der Waals surface area (Å²) in [5, 5.41) is 11.4. The standard InChI is InChI=1S/C21H14BrF3N4O4/c1-26-16-10-28(12-5-3-4-11(8-12)21(23,24)25)18(17(16)19(30)27(2)20(26)31)14-9-13(29(32)33)6-7-15(14)22/h3-10H,1-2H3. The number of alkyl halides is 3. The molecule has 0 bridgehead atoms. The van der Waals surface area contributed by atoms with Crippen LogP contribution in [0.15, 0.2) is 62.7 Å². The highest BCUT2D eigenvalue weighted by Gasteiger charge is 2.31. The van der Waals surface area contributed by atoms with Crippen molar-refractivity contribution in [1.29, 1.82) is 0 Å². The van der Waals surface area contributed by atoms with Gasteiger partial charge >= 0.3 is 11.9 Å². The lowest BCUT2D eigenvalue weighted by molar-refractivity contribution is -0.384. The highest BCUT2D eigenvalue weighted by Crippen LogP contribution is 2.38. The van der Waals surface area contributed by atoms with Gasteiger partial charge in [-0.05, 0) is 24.3 Å². The molecule has 12 heteroatoms. The van der Waals surface area contributed by atoms with E-state index < -0.39 is 27.9 Å². The van der Waals surface area contributed by atoms with Crippen LogP contribution in [0.25, 0.3) is 27.8 Å². The predicted molar refractivity (Wildman–Crippen MR) is 119 cm³/mol. The molecule has 0 N–H and O–H groups in total. The number of nitro benzene ring substituents is 1. The highest BCUT2D eigenvalue weighted by molar-refractivity contribution is 9.10. The van der Waals surface area contributed by atoms with Crippen LogP contribution in [0.2, 0.25) is 0 Å². The van der Waals surface area contributed by atoms with Crippen LogP contribution in [0.4, 0.5) is 18.9 Å². The lowest BCUT2D eigenvalue weighted by atomic mass is 10.1. The predicted octanol–water partition coefficient (Wildman–Crippen LogP) is 4.38. The summed E-state index contributed by atoms with van der Waals surface area (Å²) in [4.78, 5) is 36.3. The Morgan fingerprint density at radius 3 is 2.36 bits per heavy atom. The molecule has 0 amide bonds. The molecule has 0 radical (unpaired) electrons. The number of hydrogen-bond donors (Lipinski definition) is 0. The van der Waals surface area contributed by atoms with E-state index in [4.69, 9.17) is 0 Å². The molecule has 8 nitrogen and oxygen atoms in total. The SMILES string of the molecule is Cn1c(=O)c2c(-c3cc([N+](=O)[O-])ccc3Br)n(-c3cccc(C(F)(F)F)c3)cc2n(C)c1=O. The number of benzene rings is 2. The molecule has 4 aromatic rings. The Morgan fingerprint density at radius 1 is 1.03 bits per heavy atom. The fourth-order valence-corrected chi connectivity index (χ4v) is 4.08. The van der Waals surface area contributed by atoms with Gasteiger partial charge in [0.15, 0.2) is 0 Å². The molecule has 2 aromatic heterocycles. The number of aryl methyl sites for hydroxylation is 1. The van der Waals surface area contributed by atoms with Crippen LogP contribution in [0.1, 0.15) is 5.56 Å². The normalized spacial score (nSPS) is 11.8. The Hall–Kier alpha value is -3.67. The van der Waals surface area contributed by atoms with E-state index in [9.17, 15) is 32.9 Å². The van der Waals surface area contributed by atoms with E-state index in [1.165, 1.54) is 59.8 Å². The molecular weight excluding hydrogens is 509 g/mol. The number of non-ortho nitro benzene ring substituents is 1. The van der Waals surface area contributed by atoms with E-state index in [0.29, 0.717) is 4.47 Å². The molecule has 0 fully saturated rings. The number of nitrogens with zero attached hydrogens (tertiary/aromatic N) is 4. The second-order valence-electron chi connectivity index (χ2n) is 7.28. The van der Waals surface area contributed by atoms with Gasteiger partial charge in [-0.25, -0.2) is 4.79 Å². The maximum Gasteiger partial charge on any atom is 0.416 e. The zero-order valence-electron chi connectivity index (χ0n) is 17.1. The van der Waals surface area contributed by atoms with Crippen molar-refractivity contribution in [3.05, 3.63) is 89.6 Å². The first-order chi connectivity index (χ1) is 15.4. The molecule has 0 spiro atoms. The highest BCUT2D eigenvalue weighted by atomic mass is 79.9. The Labute approximate surface area is 191 Å². The van der Waals surface area contributed by atoms with Crippen molar-refractivity contribution in [3.63, 3.8) is 0 Å². The van der Waals surface area contributed by atoms with Gasteiger partial charge in [-0.3, -0.25) is 24.0 Å². The summed E-state index contributed by atoms with van der Waals surface area (Å²) in [7, 11) is 2.70. The monoisotopic (exact) mass is 522 g/mol. The van der Waals surface area contributed by atoms with Crippen molar-refractivity contribution < 1.29 is 18.1 Å². The fraction of sp³-hybridized carbons (Fsp3) is 0.143. The lowest BCUT2D eigenvalue weighted by Crippen LogP contribution is -2.36. The topological polar surface area (TPSA) is 92.1 Å². The van der Waals surface area contributed by atoms with E-state index in [0.717, 1.165) is 16.7 Å². The summed E-state index contributed by atoms with van der Waals surface area (Å²) in [6, 6.07) is 8.31. The second-order valence-corrected chi connectivity index (χ2v) is 8.14. The van der Waals surface area contributed by atoms with Crippen molar-refractivity contribution in [1.82, 2.24) is 13.7 Å². The quantitative estimate of drug-likeness (QED) is 0.294. The van der Waals surface area contributed by atoms with E-state index >= 15 is 0 Å². The minimum atomic E-state index is -4.61. The third kappa shape index (κ3) is 3.65. The summed E-state index contributed by atoms with van der Waals surface area (Å²) in [5.74, 6) is 0. The minimum Gasteiger partial charge on any atom is -0.314 e. The first-order valence-corrected chi connectivity index (χ1v) is 10.1. The van der Waals surface area contributed by atoms with Gasteiger partial charge in [-0.2, -0.15) is 13.2 Å². The molecule has 0 atom stereocenters. The largest absolute Gasteiger partial charge is 0.416 e. The van der Waals surface area contributed by atoms with E-state index in [1.807, 2.05) is 0 Å². The Kier molecular flexibility index (Phi) is 5.27. The first kappa shape index (κ1) is 22.5. The number of hydrogen-bond acceptors (Lipinski definition) is 4. The van der Waals surface area contributed by atoms with Gasteiger partial charge in [-0.15, -0.1) is 0 Å². The van der Waals surface area contributed by atoms with Gasteiger partial charge in [0.1, 0.15) is 0 Å². The van der Waals surface area contributed by atoms with Crippen molar-refractivity contribution >= 4 is 32.5 Å². The lowest BCUT2D eigenvalue weighted by Gasteiger charge is -2.14. The maximum absolute atomic E-state index is 13.4. The molecule has 2 aromatic carbocycles. The summed E-state index contributed by atoms with van der Waals surface area (Å²) >= 11 is 3.32. The minimum absolute atomic E-state index is 0.0261. The second kappa shape index (κ2) is 7.73. The number of aromatic nitrogens is 3. The Bertz CT molecular complexity index is 1570. The van der Waals surface area contributed by atoms with Gasteiger partial charge in [0, 0.05) is 48.1 Å². The first-order valence-electron chi connectivity index (χ1n) is 9.35. The number of rotatable bonds is 3. The Balaban J connectivity index is 2.21. The molecule has 0 aliphatic heterocycles. The average Bonchev–Trinajstić information content (AvgIpc) is 3.16. The molecular formula is C21H14BrF3N4O4. The van der Waals surface area contributed by atoms with Crippen molar-refractivity contribution in [2.45, 2.75) is 6.18 Å². The summed E-state index contributed by atoms with van der Waals surface area (Å²) in [5.41, 5.74) is -1.98. The summed E-state index contributed by atoms with van der Waals surface area (Å²) in [6.07, 6.45) is -3.24. The fourth-order valence-electron chi connectivity index (χ4n) is 3.65. The van der Waals surface area contributed by atoms with Crippen LogP contribution < -0.4 is 11.2 Å². The number of fused-ring (bicyclic) bond motifs is 1. The molecule has 0 unspecified atom stereocenters. The third-order valence-electron chi connectivity index (χ3n) is 5.31. The number of halogens is 4. The smallest absolute Gasteiger partial charge is 0.314 e. The maximum atomic E-state index is 13.4. The van der Waals surface area contributed by atoms with Crippen molar-refractivity contribution in [3.8, 4) is 16.9 Å². The van der Waals surface area contributed by atoms with E-state index in [1.54, 1.807) is 0 Å². The zero-order chi connectivity index (χ0) is 24.2. The van der Waals surface area contributed by atoms with E-state index in [2.05, 4.69) is 15.9 Å². The van der Waals surface area contributed by atoms with Crippen LogP contribution >= 0.6 is 15.9 Å². The average molecular weight is 523 g/mol. The van der Waals surface area contributed by atoms with Gasteiger partial charge in [-0.1, -0.05) is 22.0 Å². The van der Waals surface area contributed by atoms with Crippen molar-refractivity contribution in [2.75, 3.05) is 0 Å². The van der Waals surface area contributed by atoms with Crippen LogP contribution in [0.3, 0.4) is 0 Å². The van der Waals surface area contributed by atoms with Crippen LogP contribution in [-0.2, 0) is 20.3 Å². The molecule has 0 aliphatic rings. The molecule has 170 valence electrons. The van der Waals surface area contributed by atoms with Gasteiger partial charge in [0.25, 0.3) is 11.2 Å². The van der Waals surface area contributed by atoms with Crippen LogP contribution in [0, 0.1) is 10.1 Å². The zero-order valence-corrected chi connectivity index (χ0v) is 18.6. The molecule has 33 heavy (non-hydrogen) atoms. The molecule has 4 rings (SSSR count). The molecule has 2 heterocycles. The number of nitro groups is 1. The molecule has 0 saturated heterocycles. The van der Waals surface area contributed by atoms with Crippen LogP contribution in [0.5, 0.6) is 0 Å². The van der Waals surface area contributed by atoms with Gasteiger partial charge in [0.05, 0.1) is 27.1 Å². The van der Waals surface area contributed by atoms with Crippen LogP contribution in [-0.4, -0.2) is 18.6 Å². The van der Waals surface area contributed by atoms with Gasteiger partial charge < -0.3 is 4.57 Å². The summed E-state index contributed by atoms with van der Waals surface area (Å²) in [6.45, 7) is 0. The Morgan fingerprint density at radius 2 is 1.73 bits per heavy atom. The van der Waals surface area contributed by atoms with Gasteiger partial charge in [0.2, 0.25) is 0 Å². The van der Waals surface area contributed by atoms with E-state index in [-0.39, 0.29) is 33.5 Å². The van der Waals surface area contributed by atoms with Crippen molar-refractivity contribution in [2.24, 2.45) is 14.1 Å². The molecule has 0 saturated carbocycles. The molecule has 0 aliphatic carbocycles. The summed E-state index contributed by atoms with van der Waals surface area (Å²) < 4.78 is 43.8.